The number of benzene rings is 1. The van der Waals surface area contributed by atoms with Crippen LogP contribution in [-0.4, -0.2) is 67.9 Å². The van der Waals surface area contributed by atoms with Gasteiger partial charge in [-0.3, -0.25) is 9.88 Å². The predicted molar refractivity (Wildman–Crippen MR) is 120 cm³/mol. The van der Waals surface area contributed by atoms with E-state index in [0.717, 1.165) is 22.0 Å². The van der Waals surface area contributed by atoms with Crippen LogP contribution in [0.1, 0.15) is 32.7 Å². The number of halogens is 3. The maximum atomic E-state index is 13.2. The van der Waals surface area contributed by atoms with Crippen LogP contribution in [0, 0.1) is 0 Å². The minimum atomic E-state index is -4.43. The van der Waals surface area contributed by atoms with Crippen molar-refractivity contribution in [2.24, 2.45) is 0 Å². The molecule has 0 radical (unpaired) electrons. The standard InChI is InChI=1S/C24H24F3N5O3/c25-24(26,27)20-15-28-8-6-19(20)5-4-17-2-1-3-18(14-17)16-30-10-12-31(13-11-30)23(35)32-9-7-21(29-32)22(33)34/h1-3,6-9,14-15H,4-5,10-13,16H2,(H,33,34). The number of hydrogen-bond donors (Lipinski definition) is 1. The number of rotatable bonds is 6. The topological polar surface area (TPSA) is 91.6 Å². The number of alkyl halides is 3. The van der Waals surface area contributed by atoms with Gasteiger partial charge in [-0.05, 0) is 41.7 Å². The molecule has 0 atom stereocenters. The number of hydrogen-bond acceptors (Lipinski definition) is 5. The second-order valence-electron chi connectivity index (χ2n) is 8.35. The summed E-state index contributed by atoms with van der Waals surface area (Å²) in [6.45, 7) is 2.87. The number of carboxylic acids is 1. The molecule has 3 aromatic rings. The van der Waals surface area contributed by atoms with E-state index in [1.54, 1.807) is 4.90 Å². The van der Waals surface area contributed by atoms with Crippen LogP contribution in [0.2, 0.25) is 0 Å². The fourth-order valence-corrected chi connectivity index (χ4v) is 4.10. The minimum absolute atomic E-state index is 0.185. The van der Waals surface area contributed by atoms with E-state index in [9.17, 15) is 22.8 Å². The Hall–Kier alpha value is -3.73. The summed E-state index contributed by atoms with van der Waals surface area (Å²) in [6.07, 6.45) is -0.0986. The summed E-state index contributed by atoms with van der Waals surface area (Å²) < 4.78 is 40.7. The van der Waals surface area contributed by atoms with Crippen molar-refractivity contribution < 1.29 is 27.9 Å². The zero-order valence-electron chi connectivity index (χ0n) is 18.8. The number of carboxylic acid groups (broad SMARTS) is 1. The molecule has 0 aliphatic carbocycles. The quantitative estimate of drug-likeness (QED) is 0.572. The van der Waals surface area contributed by atoms with Gasteiger partial charge >= 0.3 is 18.2 Å². The fraction of sp³-hybridized carbons (Fsp3) is 0.333. The van der Waals surface area contributed by atoms with Crippen LogP contribution in [0.15, 0.2) is 55.0 Å². The molecular weight excluding hydrogens is 463 g/mol. The summed E-state index contributed by atoms with van der Waals surface area (Å²) in [4.78, 5) is 31.0. The maximum Gasteiger partial charge on any atom is 0.418 e. The van der Waals surface area contributed by atoms with Gasteiger partial charge in [-0.15, -0.1) is 0 Å². The third kappa shape index (κ3) is 6.04. The van der Waals surface area contributed by atoms with Crippen molar-refractivity contribution in [1.29, 1.82) is 0 Å². The normalized spacial score (nSPS) is 14.8. The van der Waals surface area contributed by atoms with E-state index in [2.05, 4.69) is 15.0 Å². The van der Waals surface area contributed by atoms with Gasteiger partial charge in [0.15, 0.2) is 5.69 Å². The second-order valence-corrected chi connectivity index (χ2v) is 8.35. The molecule has 0 bridgehead atoms. The van der Waals surface area contributed by atoms with Gasteiger partial charge in [-0.25, -0.2) is 9.59 Å². The van der Waals surface area contributed by atoms with Crippen LogP contribution in [0.4, 0.5) is 18.0 Å². The highest BCUT2D eigenvalue weighted by molar-refractivity contribution is 5.86. The summed E-state index contributed by atoms with van der Waals surface area (Å²) in [7, 11) is 0. The Labute approximate surface area is 199 Å². The van der Waals surface area contributed by atoms with E-state index < -0.39 is 17.7 Å². The van der Waals surface area contributed by atoms with Crippen molar-refractivity contribution in [3.63, 3.8) is 0 Å². The van der Waals surface area contributed by atoms with E-state index in [1.165, 1.54) is 24.5 Å². The minimum Gasteiger partial charge on any atom is -0.476 e. The highest BCUT2D eigenvalue weighted by Gasteiger charge is 2.33. The van der Waals surface area contributed by atoms with E-state index in [-0.39, 0.29) is 23.7 Å². The smallest absolute Gasteiger partial charge is 0.418 e. The van der Waals surface area contributed by atoms with Crippen molar-refractivity contribution in [3.05, 3.63) is 82.9 Å². The highest BCUT2D eigenvalue weighted by atomic mass is 19.4. The largest absolute Gasteiger partial charge is 0.476 e. The molecule has 11 heteroatoms. The summed E-state index contributed by atoms with van der Waals surface area (Å²) in [5.74, 6) is -1.19. The average Bonchev–Trinajstić information content (AvgIpc) is 3.34. The van der Waals surface area contributed by atoms with Gasteiger partial charge < -0.3 is 10.0 Å². The van der Waals surface area contributed by atoms with Crippen molar-refractivity contribution in [2.75, 3.05) is 26.2 Å². The zero-order valence-corrected chi connectivity index (χ0v) is 18.8. The molecule has 1 amide bonds. The first kappa shape index (κ1) is 24.4. The summed E-state index contributed by atoms with van der Waals surface area (Å²) in [5, 5.41) is 12.8. The van der Waals surface area contributed by atoms with Crippen molar-refractivity contribution in [1.82, 2.24) is 24.6 Å². The molecule has 0 saturated carbocycles. The van der Waals surface area contributed by atoms with E-state index in [1.807, 2.05) is 24.3 Å². The van der Waals surface area contributed by atoms with Crippen molar-refractivity contribution >= 4 is 12.0 Å². The number of carbonyl (C=O) groups is 2. The summed E-state index contributed by atoms with van der Waals surface area (Å²) in [5.41, 5.74) is 1.35. The Morgan fingerprint density at radius 2 is 1.74 bits per heavy atom. The third-order valence-corrected chi connectivity index (χ3v) is 5.94. The Morgan fingerprint density at radius 1 is 1.00 bits per heavy atom. The molecule has 1 N–H and O–H groups in total. The van der Waals surface area contributed by atoms with Gasteiger partial charge in [0, 0.05) is 51.3 Å². The lowest BCUT2D eigenvalue weighted by atomic mass is 10.00. The monoisotopic (exact) mass is 487 g/mol. The van der Waals surface area contributed by atoms with Gasteiger partial charge in [0.05, 0.1) is 5.56 Å². The van der Waals surface area contributed by atoms with E-state index in [4.69, 9.17) is 5.11 Å². The molecule has 1 fully saturated rings. The molecule has 3 heterocycles. The average molecular weight is 487 g/mol. The van der Waals surface area contributed by atoms with Crippen LogP contribution in [0.25, 0.3) is 0 Å². The van der Waals surface area contributed by atoms with Crippen LogP contribution >= 0.6 is 0 Å². The lowest BCUT2D eigenvalue weighted by molar-refractivity contribution is -0.138. The first-order chi connectivity index (χ1) is 16.7. The van der Waals surface area contributed by atoms with Gasteiger partial charge in [-0.1, -0.05) is 24.3 Å². The lowest BCUT2D eigenvalue weighted by Gasteiger charge is -2.34. The molecule has 1 aliphatic heterocycles. The molecule has 0 spiro atoms. The molecule has 1 aromatic carbocycles. The van der Waals surface area contributed by atoms with Crippen LogP contribution in [-0.2, 0) is 25.6 Å². The Morgan fingerprint density at radius 3 is 2.43 bits per heavy atom. The van der Waals surface area contributed by atoms with Gasteiger partial charge in [-0.2, -0.15) is 23.0 Å². The number of carbonyl (C=O) groups excluding carboxylic acids is 1. The van der Waals surface area contributed by atoms with Crippen molar-refractivity contribution in [2.45, 2.75) is 25.6 Å². The molecule has 8 nitrogen and oxygen atoms in total. The SMILES string of the molecule is O=C(O)c1ccn(C(=O)N2CCN(Cc3cccc(CCc4ccncc4C(F)(F)F)c3)CC2)n1. The highest BCUT2D eigenvalue weighted by Crippen LogP contribution is 2.31. The molecule has 35 heavy (non-hydrogen) atoms. The Kier molecular flexibility index (Phi) is 7.15. The molecule has 0 unspecified atom stereocenters. The van der Waals surface area contributed by atoms with Crippen molar-refractivity contribution in [3.8, 4) is 0 Å². The molecular formula is C24H24F3N5O3. The molecule has 1 aliphatic rings. The fourth-order valence-electron chi connectivity index (χ4n) is 4.10. The number of pyridine rings is 1. The number of aryl methyl sites for hydroxylation is 2. The Bertz CT molecular complexity index is 1200. The summed E-state index contributed by atoms with van der Waals surface area (Å²) >= 11 is 0. The van der Waals surface area contributed by atoms with Crippen LogP contribution < -0.4 is 0 Å². The first-order valence-corrected chi connectivity index (χ1v) is 11.1. The predicted octanol–water partition coefficient (Wildman–Crippen LogP) is 3.57. The summed E-state index contributed by atoms with van der Waals surface area (Å²) in [6, 6.07) is 10.1. The van der Waals surface area contributed by atoms with Crippen LogP contribution in [0.5, 0.6) is 0 Å². The van der Waals surface area contributed by atoms with Gasteiger partial charge in [0.1, 0.15) is 0 Å². The zero-order chi connectivity index (χ0) is 25.0. The number of amides is 1. The number of aromatic carboxylic acids is 1. The first-order valence-electron chi connectivity index (χ1n) is 11.1. The number of piperazine rings is 1. The van der Waals surface area contributed by atoms with E-state index in [0.29, 0.717) is 39.1 Å². The Balaban J connectivity index is 1.31. The van der Waals surface area contributed by atoms with Gasteiger partial charge in [0.2, 0.25) is 0 Å². The molecule has 1 saturated heterocycles. The third-order valence-electron chi connectivity index (χ3n) is 5.94. The maximum absolute atomic E-state index is 13.2. The number of aromatic nitrogens is 3. The van der Waals surface area contributed by atoms with E-state index >= 15 is 0 Å². The van der Waals surface area contributed by atoms with Gasteiger partial charge in [0.25, 0.3) is 0 Å². The van der Waals surface area contributed by atoms with Crippen LogP contribution in [0.3, 0.4) is 0 Å². The molecule has 184 valence electrons. The molecule has 4 rings (SSSR count). The lowest BCUT2D eigenvalue weighted by Crippen LogP contribution is -2.49. The second kappa shape index (κ2) is 10.3. The number of nitrogens with zero attached hydrogens (tertiary/aromatic N) is 5. The molecule has 2 aromatic heterocycles.